The zero-order chi connectivity index (χ0) is 15.9. The molecule has 0 aliphatic carbocycles. The van der Waals surface area contributed by atoms with Gasteiger partial charge < -0.3 is 9.94 Å². The monoisotopic (exact) mass is 296 g/mol. The molecule has 2 heterocycles. The highest BCUT2D eigenvalue weighted by atomic mass is 16.5. The quantitative estimate of drug-likeness (QED) is 0.486. The molecule has 1 aromatic carbocycles. The van der Waals surface area contributed by atoms with E-state index in [0.29, 0.717) is 28.3 Å². The number of Topliss-reactive ketones (excluding diaryl/α,β-unsaturated/α-hetero) is 1. The van der Waals surface area contributed by atoms with Crippen LogP contribution in [-0.4, -0.2) is 17.2 Å². The van der Waals surface area contributed by atoms with E-state index >= 15 is 0 Å². The lowest BCUT2D eigenvalue weighted by molar-refractivity contribution is -0.606. The van der Waals surface area contributed by atoms with Crippen molar-refractivity contribution in [1.29, 1.82) is 0 Å². The van der Waals surface area contributed by atoms with Gasteiger partial charge in [0, 0.05) is 23.3 Å². The standard InChI is InChI=1S/C17H16N2O3/c1-11(20)12-7-8-15-13(10-12)16(18-17(2,3)22-15)14-6-4-5-9-19(14)21/h4-10H,1-3H3. The molecule has 3 rings (SSSR count). The Hall–Kier alpha value is -2.69. The summed E-state index contributed by atoms with van der Waals surface area (Å²) in [5.74, 6) is 0.568. The Balaban J connectivity index is 2.25. The van der Waals surface area contributed by atoms with E-state index in [4.69, 9.17) is 4.74 Å². The number of carbonyl (C=O) groups excluding carboxylic acids is 1. The average molecular weight is 296 g/mol. The van der Waals surface area contributed by atoms with Crippen molar-refractivity contribution in [3.63, 3.8) is 0 Å². The van der Waals surface area contributed by atoms with Crippen LogP contribution in [0, 0.1) is 5.21 Å². The number of rotatable bonds is 2. The van der Waals surface area contributed by atoms with Gasteiger partial charge in [-0.2, -0.15) is 4.73 Å². The van der Waals surface area contributed by atoms with Crippen molar-refractivity contribution < 1.29 is 14.3 Å². The SMILES string of the molecule is CC(=O)c1ccc2c(c1)C(c1cccc[n+]1[O-])=NC(C)(C)O2. The number of benzene rings is 1. The molecule has 1 aliphatic heterocycles. The lowest BCUT2D eigenvalue weighted by atomic mass is 9.99. The van der Waals surface area contributed by atoms with E-state index in [1.54, 1.807) is 36.4 Å². The van der Waals surface area contributed by atoms with Crippen LogP contribution in [0.1, 0.15) is 42.4 Å². The summed E-state index contributed by atoms with van der Waals surface area (Å²) in [4.78, 5) is 16.2. The fourth-order valence-corrected chi connectivity index (χ4v) is 2.45. The van der Waals surface area contributed by atoms with Crippen LogP contribution >= 0.6 is 0 Å². The third-order valence-electron chi connectivity index (χ3n) is 3.45. The van der Waals surface area contributed by atoms with E-state index in [-0.39, 0.29) is 5.78 Å². The topological polar surface area (TPSA) is 65.6 Å². The number of ketones is 1. The molecule has 0 bridgehead atoms. The molecule has 0 fully saturated rings. The average Bonchev–Trinajstić information content (AvgIpc) is 2.45. The summed E-state index contributed by atoms with van der Waals surface area (Å²) in [5, 5.41) is 12.1. The molecule has 112 valence electrons. The zero-order valence-corrected chi connectivity index (χ0v) is 12.7. The van der Waals surface area contributed by atoms with Crippen LogP contribution in [-0.2, 0) is 0 Å². The highest BCUT2D eigenvalue weighted by molar-refractivity contribution is 6.14. The first kappa shape index (κ1) is 14.3. The van der Waals surface area contributed by atoms with Gasteiger partial charge in [-0.15, -0.1) is 0 Å². The molecular weight excluding hydrogens is 280 g/mol. The second-order valence-electron chi connectivity index (χ2n) is 5.69. The van der Waals surface area contributed by atoms with Crippen LogP contribution in [0.2, 0.25) is 0 Å². The Kier molecular flexibility index (Phi) is 3.20. The summed E-state index contributed by atoms with van der Waals surface area (Å²) in [7, 11) is 0. The van der Waals surface area contributed by atoms with E-state index in [1.807, 2.05) is 13.8 Å². The number of hydrogen-bond donors (Lipinski definition) is 0. The molecule has 0 unspecified atom stereocenters. The summed E-state index contributed by atoms with van der Waals surface area (Å²) in [6, 6.07) is 10.3. The van der Waals surface area contributed by atoms with Gasteiger partial charge in [0.1, 0.15) is 11.5 Å². The molecule has 22 heavy (non-hydrogen) atoms. The van der Waals surface area contributed by atoms with Crippen LogP contribution in [0.4, 0.5) is 0 Å². The number of aromatic nitrogens is 1. The lowest BCUT2D eigenvalue weighted by Gasteiger charge is -2.29. The van der Waals surface area contributed by atoms with Crippen molar-refractivity contribution >= 4 is 11.5 Å². The second kappa shape index (κ2) is 4.94. The predicted molar refractivity (Wildman–Crippen MR) is 82.2 cm³/mol. The number of ether oxygens (including phenoxy) is 1. The summed E-state index contributed by atoms with van der Waals surface area (Å²) in [6.45, 7) is 5.16. The molecule has 5 nitrogen and oxygen atoms in total. The molecule has 0 spiro atoms. The Bertz CT molecular complexity index is 794. The first-order valence-electron chi connectivity index (χ1n) is 7.00. The zero-order valence-electron chi connectivity index (χ0n) is 12.7. The van der Waals surface area contributed by atoms with E-state index in [2.05, 4.69) is 4.99 Å². The molecule has 0 saturated heterocycles. The molecule has 1 aromatic heterocycles. The van der Waals surface area contributed by atoms with Crippen LogP contribution in [0.3, 0.4) is 0 Å². The number of nitrogens with zero attached hydrogens (tertiary/aromatic N) is 2. The maximum absolute atomic E-state index is 12.1. The van der Waals surface area contributed by atoms with Crippen molar-refractivity contribution in [3.05, 3.63) is 64.6 Å². The normalized spacial score (nSPS) is 15.5. The minimum atomic E-state index is -0.775. The van der Waals surface area contributed by atoms with Crippen LogP contribution in [0.25, 0.3) is 0 Å². The lowest BCUT2D eigenvalue weighted by Crippen LogP contribution is -2.39. The molecular formula is C17H16N2O3. The van der Waals surface area contributed by atoms with E-state index in [0.717, 1.165) is 4.73 Å². The van der Waals surface area contributed by atoms with E-state index in [1.165, 1.54) is 13.1 Å². The van der Waals surface area contributed by atoms with Gasteiger partial charge in [0.15, 0.2) is 17.7 Å². The molecule has 0 saturated carbocycles. The largest absolute Gasteiger partial charge is 0.618 e. The van der Waals surface area contributed by atoms with Gasteiger partial charge >= 0.3 is 0 Å². The van der Waals surface area contributed by atoms with Crippen LogP contribution in [0.5, 0.6) is 5.75 Å². The summed E-state index contributed by atoms with van der Waals surface area (Å²) < 4.78 is 6.60. The van der Waals surface area contributed by atoms with Crippen molar-refractivity contribution in [2.24, 2.45) is 4.99 Å². The third kappa shape index (κ3) is 2.45. The van der Waals surface area contributed by atoms with Gasteiger partial charge in [-0.05, 0) is 45.0 Å². The second-order valence-corrected chi connectivity index (χ2v) is 5.69. The molecule has 0 N–H and O–H groups in total. The van der Waals surface area contributed by atoms with Crippen molar-refractivity contribution in [2.75, 3.05) is 0 Å². The molecule has 2 aromatic rings. The third-order valence-corrected chi connectivity index (χ3v) is 3.45. The molecule has 1 aliphatic rings. The van der Waals surface area contributed by atoms with Crippen molar-refractivity contribution in [2.45, 2.75) is 26.5 Å². The molecule has 5 heteroatoms. The first-order chi connectivity index (χ1) is 10.4. The molecule has 0 atom stereocenters. The highest BCUT2D eigenvalue weighted by Gasteiger charge is 2.32. The highest BCUT2D eigenvalue weighted by Crippen LogP contribution is 2.32. The van der Waals surface area contributed by atoms with Gasteiger partial charge in [-0.1, -0.05) is 0 Å². The molecule has 0 amide bonds. The van der Waals surface area contributed by atoms with Gasteiger partial charge in [0.25, 0.3) is 0 Å². The van der Waals surface area contributed by atoms with Crippen molar-refractivity contribution in [1.82, 2.24) is 0 Å². The number of fused-ring (bicyclic) bond motifs is 1. The van der Waals surface area contributed by atoms with Crippen LogP contribution < -0.4 is 9.47 Å². The summed E-state index contributed by atoms with van der Waals surface area (Å²) >= 11 is 0. The first-order valence-corrected chi connectivity index (χ1v) is 7.00. The Morgan fingerprint density at radius 1 is 1.27 bits per heavy atom. The number of carbonyl (C=O) groups is 1. The minimum absolute atomic E-state index is 0.0463. The fraction of sp³-hybridized carbons (Fsp3) is 0.235. The number of hydrogen-bond acceptors (Lipinski definition) is 4. The maximum atomic E-state index is 12.1. The summed E-state index contributed by atoms with van der Waals surface area (Å²) in [6.07, 6.45) is 1.43. The summed E-state index contributed by atoms with van der Waals surface area (Å²) in [5.41, 5.74) is 1.40. The minimum Gasteiger partial charge on any atom is -0.618 e. The smallest absolute Gasteiger partial charge is 0.242 e. The van der Waals surface area contributed by atoms with Gasteiger partial charge in [-0.25, -0.2) is 4.99 Å². The van der Waals surface area contributed by atoms with Gasteiger partial charge in [0.05, 0.1) is 0 Å². The van der Waals surface area contributed by atoms with E-state index in [9.17, 15) is 10.0 Å². The van der Waals surface area contributed by atoms with Gasteiger partial charge in [0.2, 0.25) is 5.69 Å². The van der Waals surface area contributed by atoms with E-state index < -0.39 is 5.72 Å². The van der Waals surface area contributed by atoms with Crippen molar-refractivity contribution in [3.8, 4) is 5.75 Å². The number of pyridine rings is 1. The van der Waals surface area contributed by atoms with Crippen LogP contribution in [0.15, 0.2) is 47.6 Å². The predicted octanol–water partition coefficient (Wildman–Crippen LogP) is 2.49. The number of aliphatic imine (C=N–C) groups is 1. The Morgan fingerprint density at radius 2 is 2.05 bits per heavy atom. The molecule has 0 radical (unpaired) electrons. The fourth-order valence-electron chi connectivity index (χ4n) is 2.45. The maximum Gasteiger partial charge on any atom is 0.242 e. The Morgan fingerprint density at radius 3 is 2.73 bits per heavy atom. The van der Waals surface area contributed by atoms with Gasteiger partial charge in [-0.3, -0.25) is 4.79 Å². The Labute approximate surface area is 128 Å².